The molecule has 2 aromatic rings. The van der Waals surface area contributed by atoms with E-state index in [1.54, 1.807) is 24.3 Å². The zero-order chi connectivity index (χ0) is 14.7. The predicted molar refractivity (Wildman–Crippen MR) is 76.6 cm³/mol. The van der Waals surface area contributed by atoms with Crippen LogP contribution in [0.1, 0.15) is 10.4 Å². The number of nitrogens with two attached hydrogens (primary N) is 2. The van der Waals surface area contributed by atoms with Crippen LogP contribution < -0.4 is 11.5 Å². The van der Waals surface area contributed by atoms with E-state index >= 15 is 0 Å². The second-order valence-electron chi connectivity index (χ2n) is 3.97. The van der Waals surface area contributed by atoms with Crippen molar-refractivity contribution in [3.05, 3.63) is 58.1 Å². The van der Waals surface area contributed by atoms with Crippen molar-refractivity contribution in [1.29, 1.82) is 0 Å². The Hall–Kier alpha value is -2.54. The summed E-state index contributed by atoms with van der Waals surface area (Å²) in [6.45, 7) is 0. The minimum atomic E-state index is -0.702. The molecule has 20 heavy (non-hydrogen) atoms. The second-order valence-corrected chi connectivity index (χ2v) is 5.09. The Morgan fingerprint density at radius 1 is 1.15 bits per heavy atom. The normalized spacial score (nSPS) is 10.2. The van der Waals surface area contributed by atoms with E-state index in [9.17, 15) is 14.9 Å². The lowest BCUT2D eigenvalue weighted by molar-refractivity contribution is -0.384. The van der Waals surface area contributed by atoms with Crippen molar-refractivity contribution >= 4 is 29.0 Å². The standard InChI is InChI=1S/C13H11N3O3S/c14-8-1-4-10(5-2-8)20-12-6-3-9(16(18)19)7-11(12)13(15)17/h1-7H,14H2,(H2,15,17). The minimum Gasteiger partial charge on any atom is -0.399 e. The van der Waals surface area contributed by atoms with Gasteiger partial charge >= 0.3 is 0 Å². The fourth-order valence-corrected chi connectivity index (χ4v) is 2.51. The summed E-state index contributed by atoms with van der Waals surface area (Å²) in [5.41, 5.74) is 11.5. The fourth-order valence-electron chi connectivity index (χ4n) is 1.58. The fraction of sp³-hybridized carbons (Fsp3) is 0. The maximum absolute atomic E-state index is 11.4. The molecule has 0 bridgehead atoms. The molecule has 0 aliphatic carbocycles. The van der Waals surface area contributed by atoms with Crippen LogP contribution in [0.3, 0.4) is 0 Å². The highest BCUT2D eigenvalue weighted by Gasteiger charge is 2.15. The van der Waals surface area contributed by atoms with E-state index in [2.05, 4.69) is 0 Å². The second kappa shape index (κ2) is 5.62. The molecule has 0 aliphatic rings. The van der Waals surface area contributed by atoms with Gasteiger partial charge in [-0.2, -0.15) is 0 Å². The van der Waals surface area contributed by atoms with E-state index in [0.717, 1.165) is 4.90 Å². The number of non-ortho nitro benzene ring substituents is 1. The van der Waals surface area contributed by atoms with Gasteiger partial charge in [0, 0.05) is 27.6 Å². The summed E-state index contributed by atoms with van der Waals surface area (Å²) < 4.78 is 0. The van der Waals surface area contributed by atoms with Crippen molar-refractivity contribution in [3.8, 4) is 0 Å². The number of hydrogen-bond donors (Lipinski definition) is 2. The van der Waals surface area contributed by atoms with Crippen LogP contribution in [0.5, 0.6) is 0 Å². The number of hydrogen-bond acceptors (Lipinski definition) is 5. The minimum absolute atomic E-state index is 0.126. The van der Waals surface area contributed by atoms with Crippen LogP contribution in [0.2, 0.25) is 0 Å². The van der Waals surface area contributed by atoms with Crippen LogP contribution in [0.15, 0.2) is 52.3 Å². The Bertz CT molecular complexity index is 671. The molecule has 0 saturated carbocycles. The number of rotatable bonds is 4. The third-order valence-corrected chi connectivity index (χ3v) is 3.63. The van der Waals surface area contributed by atoms with Gasteiger partial charge in [-0.05, 0) is 30.3 Å². The van der Waals surface area contributed by atoms with Crippen molar-refractivity contribution < 1.29 is 9.72 Å². The molecule has 2 aromatic carbocycles. The van der Waals surface area contributed by atoms with Gasteiger partial charge in [-0.1, -0.05) is 11.8 Å². The number of primary amides is 1. The van der Waals surface area contributed by atoms with E-state index < -0.39 is 10.8 Å². The Morgan fingerprint density at radius 3 is 2.35 bits per heavy atom. The van der Waals surface area contributed by atoms with Crippen molar-refractivity contribution in [1.82, 2.24) is 0 Å². The molecular weight excluding hydrogens is 278 g/mol. The number of benzene rings is 2. The molecule has 0 saturated heterocycles. The molecule has 102 valence electrons. The van der Waals surface area contributed by atoms with Gasteiger partial charge < -0.3 is 11.5 Å². The maximum atomic E-state index is 11.4. The highest BCUT2D eigenvalue weighted by molar-refractivity contribution is 7.99. The Kier molecular flexibility index (Phi) is 3.90. The molecule has 0 spiro atoms. The lowest BCUT2D eigenvalue weighted by atomic mass is 10.2. The van der Waals surface area contributed by atoms with E-state index in [-0.39, 0.29) is 11.3 Å². The number of nitrogen functional groups attached to an aromatic ring is 1. The molecule has 0 unspecified atom stereocenters. The molecule has 6 nitrogen and oxygen atoms in total. The van der Waals surface area contributed by atoms with Gasteiger partial charge in [0.25, 0.3) is 5.69 Å². The molecule has 4 N–H and O–H groups in total. The van der Waals surface area contributed by atoms with Crippen LogP contribution in [0.4, 0.5) is 11.4 Å². The molecule has 0 aliphatic heterocycles. The van der Waals surface area contributed by atoms with Crippen molar-refractivity contribution in [2.24, 2.45) is 5.73 Å². The lowest BCUT2D eigenvalue weighted by Crippen LogP contribution is -2.12. The summed E-state index contributed by atoms with van der Waals surface area (Å²) in [7, 11) is 0. The third-order valence-electron chi connectivity index (χ3n) is 2.55. The first-order chi connectivity index (χ1) is 9.47. The zero-order valence-corrected chi connectivity index (χ0v) is 11.1. The topological polar surface area (TPSA) is 112 Å². The maximum Gasteiger partial charge on any atom is 0.270 e. The van der Waals surface area contributed by atoms with Gasteiger partial charge in [0.2, 0.25) is 5.91 Å². The Labute approximate surface area is 118 Å². The summed E-state index contributed by atoms with van der Waals surface area (Å²) >= 11 is 1.29. The number of carbonyl (C=O) groups excluding carboxylic acids is 1. The third kappa shape index (κ3) is 3.07. The molecular formula is C13H11N3O3S. The summed E-state index contributed by atoms with van der Waals surface area (Å²) in [6.07, 6.45) is 0. The average Bonchev–Trinajstić information content (AvgIpc) is 2.41. The molecule has 0 atom stereocenters. The van der Waals surface area contributed by atoms with Crippen LogP contribution in [0.25, 0.3) is 0 Å². The monoisotopic (exact) mass is 289 g/mol. The molecule has 2 rings (SSSR count). The van der Waals surface area contributed by atoms with E-state index in [0.29, 0.717) is 10.6 Å². The predicted octanol–water partition coefficient (Wildman–Crippen LogP) is 2.43. The van der Waals surface area contributed by atoms with Gasteiger partial charge in [-0.25, -0.2) is 0 Å². The van der Waals surface area contributed by atoms with Crippen molar-refractivity contribution in [2.75, 3.05) is 5.73 Å². The molecule has 0 heterocycles. The van der Waals surface area contributed by atoms with E-state index in [1.807, 2.05) is 0 Å². The molecule has 1 amide bonds. The first-order valence-electron chi connectivity index (χ1n) is 5.59. The smallest absolute Gasteiger partial charge is 0.270 e. The van der Waals surface area contributed by atoms with Crippen molar-refractivity contribution in [2.45, 2.75) is 9.79 Å². The molecule has 0 aromatic heterocycles. The summed E-state index contributed by atoms with van der Waals surface area (Å²) in [5, 5.41) is 10.7. The molecule has 0 fully saturated rings. The van der Waals surface area contributed by atoms with Gasteiger partial charge in [-0.3, -0.25) is 14.9 Å². The largest absolute Gasteiger partial charge is 0.399 e. The van der Waals surface area contributed by atoms with Crippen molar-refractivity contribution in [3.63, 3.8) is 0 Å². The molecule has 0 radical (unpaired) electrons. The highest BCUT2D eigenvalue weighted by atomic mass is 32.2. The Balaban J connectivity index is 2.38. The number of nitrogens with zero attached hydrogens (tertiary/aromatic N) is 1. The number of nitro groups is 1. The lowest BCUT2D eigenvalue weighted by Gasteiger charge is -2.06. The van der Waals surface area contributed by atoms with Gasteiger partial charge in [0.15, 0.2) is 0 Å². The van der Waals surface area contributed by atoms with Gasteiger partial charge in [0.1, 0.15) is 0 Å². The van der Waals surface area contributed by atoms with Gasteiger partial charge in [-0.15, -0.1) is 0 Å². The van der Waals surface area contributed by atoms with Gasteiger partial charge in [0.05, 0.1) is 10.5 Å². The SMILES string of the molecule is NC(=O)c1cc([N+](=O)[O-])ccc1Sc1ccc(N)cc1. The van der Waals surface area contributed by atoms with Crippen LogP contribution in [-0.2, 0) is 0 Å². The highest BCUT2D eigenvalue weighted by Crippen LogP contribution is 2.32. The summed E-state index contributed by atoms with van der Waals surface area (Å²) in [6, 6.07) is 11.1. The van der Waals surface area contributed by atoms with Crippen LogP contribution in [0, 0.1) is 10.1 Å². The molecule has 7 heteroatoms. The quantitative estimate of drug-likeness (QED) is 0.510. The first kappa shape index (κ1) is 13.9. The van der Waals surface area contributed by atoms with E-state index in [4.69, 9.17) is 11.5 Å². The summed E-state index contributed by atoms with van der Waals surface area (Å²) in [4.78, 5) is 23.0. The number of anilines is 1. The van der Waals surface area contributed by atoms with E-state index in [1.165, 1.54) is 30.0 Å². The van der Waals surface area contributed by atoms with Crippen LogP contribution >= 0.6 is 11.8 Å². The summed E-state index contributed by atoms with van der Waals surface area (Å²) in [5.74, 6) is -0.702. The average molecular weight is 289 g/mol. The number of carbonyl (C=O) groups is 1. The number of amides is 1. The zero-order valence-electron chi connectivity index (χ0n) is 10.3. The first-order valence-corrected chi connectivity index (χ1v) is 6.40. The Morgan fingerprint density at radius 2 is 1.80 bits per heavy atom. The van der Waals surface area contributed by atoms with Crippen LogP contribution in [-0.4, -0.2) is 10.8 Å². The number of nitro benzene ring substituents is 1.